The van der Waals surface area contributed by atoms with Crippen molar-refractivity contribution in [3.8, 4) is 17.6 Å². The Labute approximate surface area is 120 Å². The largest absolute Gasteiger partial charge is 0.483 e. The van der Waals surface area contributed by atoms with E-state index in [1.807, 2.05) is 0 Å². The minimum Gasteiger partial charge on any atom is -0.483 e. The van der Waals surface area contributed by atoms with Crippen LogP contribution in [-0.4, -0.2) is 6.54 Å². The molecule has 0 aliphatic rings. The summed E-state index contributed by atoms with van der Waals surface area (Å²) >= 11 is 0. The van der Waals surface area contributed by atoms with Gasteiger partial charge in [-0.1, -0.05) is 24.0 Å². The number of ether oxygens (including phenoxy) is 1. The molecule has 0 spiro atoms. The fourth-order valence-electron chi connectivity index (χ4n) is 1.71. The molecule has 2 rings (SSSR count). The quantitative estimate of drug-likeness (QED) is 0.882. The van der Waals surface area contributed by atoms with Crippen LogP contribution in [-0.2, 0) is 6.61 Å². The van der Waals surface area contributed by atoms with Crippen molar-refractivity contribution < 1.29 is 17.9 Å². The third kappa shape index (κ3) is 3.77. The number of benzene rings is 2. The summed E-state index contributed by atoms with van der Waals surface area (Å²) in [6.07, 6.45) is 0. The highest BCUT2D eigenvalue weighted by Crippen LogP contribution is 2.22. The van der Waals surface area contributed by atoms with Crippen molar-refractivity contribution in [3.63, 3.8) is 0 Å². The van der Waals surface area contributed by atoms with Crippen LogP contribution in [0.25, 0.3) is 0 Å². The zero-order valence-corrected chi connectivity index (χ0v) is 11.0. The normalized spacial score (nSPS) is 9.90. The molecule has 0 fully saturated rings. The summed E-state index contributed by atoms with van der Waals surface area (Å²) in [5.74, 6) is 2.76. The minimum atomic E-state index is -0.799. The second kappa shape index (κ2) is 6.82. The second-order valence-corrected chi connectivity index (χ2v) is 4.15. The number of nitrogens with two attached hydrogens (primary N) is 1. The molecule has 2 aromatic carbocycles. The van der Waals surface area contributed by atoms with Crippen LogP contribution >= 0.6 is 0 Å². The van der Waals surface area contributed by atoms with Gasteiger partial charge < -0.3 is 10.5 Å². The van der Waals surface area contributed by atoms with Crippen LogP contribution in [0.3, 0.4) is 0 Å². The molecular formula is C16H12F3NO. The number of hydrogen-bond acceptors (Lipinski definition) is 2. The first-order chi connectivity index (χ1) is 10.1. The molecule has 0 radical (unpaired) electrons. The Bertz CT molecular complexity index is 684. The van der Waals surface area contributed by atoms with Gasteiger partial charge in [0.05, 0.1) is 6.54 Å². The van der Waals surface area contributed by atoms with E-state index in [0.717, 1.165) is 12.1 Å². The molecular weight excluding hydrogens is 279 g/mol. The van der Waals surface area contributed by atoms with Crippen molar-refractivity contribution in [2.24, 2.45) is 5.73 Å². The highest BCUT2D eigenvalue weighted by molar-refractivity contribution is 5.42. The predicted molar refractivity (Wildman–Crippen MR) is 73.0 cm³/mol. The Balaban J connectivity index is 2.24. The van der Waals surface area contributed by atoms with Gasteiger partial charge in [0.15, 0.2) is 17.4 Å². The highest BCUT2D eigenvalue weighted by Gasteiger charge is 2.11. The Morgan fingerprint density at radius 3 is 2.43 bits per heavy atom. The second-order valence-electron chi connectivity index (χ2n) is 4.15. The Hall–Kier alpha value is -2.45. The van der Waals surface area contributed by atoms with E-state index in [0.29, 0.717) is 11.1 Å². The van der Waals surface area contributed by atoms with Crippen LogP contribution in [0.15, 0.2) is 36.4 Å². The molecule has 0 unspecified atom stereocenters. The van der Waals surface area contributed by atoms with E-state index < -0.39 is 23.2 Å². The standard InChI is InChI=1S/C16H12F3NO/c17-13-7-6-12(11(9-13)3-2-8-20)10-21-16-14(18)4-1-5-15(16)19/h1,4-7,9H,8,10,20H2. The van der Waals surface area contributed by atoms with Crippen molar-refractivity contribution in [2.75, 3.05) is 6.54 Å². The van der Waals surface area contributed by atoms with E-state index in [1.165, 1.54) is 24.3 Å². The van der Waals surface area contributed by atoms with Gasteiger partial charge >= 0.3 is 0 Å². The lowest BCUT2D eigenvalue weighted by molar-refractivity contribution is 0.273. The van der Waals surface area contributed by atoms with Crippen LogP contribution < -0.4 is 10.5 Å². The summed E-state index contributed by atoms with van der Waals surface area (Å²) in [5.41, 5.74) is 6.16. The molecule has 108 valence electrons. The lowest BCUT2D eigenvalue weighted by Crippen LogP contribution is -2.02. The number of hydrogen-bond donors (Lipinski definition) is 1. The van der Waals surface area contributed by atoms with Gasteiger partial charge in [0.25, 0.3) is 0 Å². The van der Waals surface area contributed by atoms with Crippen molar-refractivity contribution in [2.45, 2.75) is 6.61 Å². The lowest BCUT2D eigenvalue weighted by Gasteiger charge is -2.09. The van der Waals surface area contributed by atoms with E-state index in [9.17, 15) is 13.2 Å². The maximum Gasteiger partial charge on any atom is 0.191 e. The van der Waals surface area contributed by atoms with Gasteiger partial charge in [-0.25, -0.2) is 13.2 Å². The maximum atomic E-state index is 13.5. The summed E-state index contributed by atoms with van der Waals surface area (Å²) in [7, 11) is 0. The van der Waals surface area contributed by atoms with Gasteiger partial charge in [-0.3, -0.25) is 0 Å². The Kier molecular flexibility index (Phi) is 4.85. The Morgan fingerprint density at radius 2 is 1.76 bits per heavy atom. The van der Waals surface area contributed by atoms with E-state index in [-0.39, 0.29) is 13.2 Å². The molecule has 0 heterocycles. The first-order valence-corrected chi connectivity index (χ1v) is 6.16. The zero-order chi connectivity index (χ0) is 15.2. The first-order valence-electron chi connectivity index (χ1n) is 6.16. The molecule has 0 aliphatic carbocycles. The van der Waals surface area contributed by atoms with E-state index in [4.69, 9.17) is 10.5 Å². The summed E-state index contributed by atoms with van der Waals surface area (Å²) in [5, 5.41) is 0. The van der Waals surface area contributed by atoms with E-state index in [1.54, 1.807) is 0 Å². The average Bonchev–Trinajstić information content (AvgIpc) is 2.46. The van der Waals surface area contributed by atoms with Crippen molar-refractivity contribution >= 4 is 0 Å². The highest BCUT2D eigenvalue weighted by atomic mass is 19.1. The predicted octanol–water partition coefficient (Wildman–Crippen LogP) is 2.99. The number of rotatable bonds is 3. The monoisotopic (exact) mass is 291 g/mol. The van der Waals surface area contributed by atoms with Crippen LogP contribution in [0, 0.1) is 29.3 Å². The van der Waals surface area contributed by atoms with Crippen molar-refractivity contribution in [1.29, 1.82) is 0 Å². The van der Waals surface area contributed by atoms with E-state index >= 15 is 0 Å². The minimum absolute atomic E-state index is 0.124. The molecule has 5 heteroatoms. The van der Waals surface area contributed by atoms with Crippen LogP contribution in [0.2, 0.25) is 0 Å². The maximum absolute atomic E-state index is 13.5. The van der Waals surface area contributed by atoms with Gasteiger partial charge in [0, 0.05) is 11.1 Å². The van der Waals surface area contributed by atoms with Crippen molar-refractivity contribution in [1.82, 2.24) is 0 Å². The van der Waals surface area contributed by atoms with Gasteiger partial charge in [0.2, 0.25) is 0 Å². The molecule has 0 aromatic heterocycles. The van der Waals surface area contributed by atoms with Gasteiger partial charge in [-0.2, -0.15) is 0 Å². The molecule has 21 heavy (non-hydrogen) atoms. The van der Waals surface area contributed by atoms with E-state index in [2.05, 4.69) is 11.8 Å². The molecule has 2 nitrogen and oxygen atoms in total. The molecule has 2 aromatic rings. The SMILES string of the molecule is NCC#Cc1cc(F)ccc1COc1c(F)cccc1F. The van der Waals surface area contributed by atoms with Gasteiger partial charge in [0.1, 0.15) is 12.4 Å². The molecule has 0 saturated heterocycles. The average molecular weight is 291 g/mol. The fraction of sp³-hybridized carbons (Fsp3) is 0.125. The van der Waals surface area contributed by atoms with Gasteiger partial charge in [-0.15, -0.1) is 0 Å². The first kappa shape index (κ1) is 14.9. The number of halogens is 3. The molecule has 0 amide bonds. The van der Waals surface area contributed by atoms with Crippen molar-refractivity contribution in [3.05, 3.63) is 65.0 Å². The molecule has 0 aliphatic heterocycles. The third-order valence-corrected chi connectivity index (χ3v) is 2.69. The Morgan fingerprint density at radius 1 is 1.05 bits per heavy atom. The smallest absolute Gasteiger partial charge is 0.191 e. The molecule has 0 atom stereocenters. The van der Waals surface area contributed by atoms with Crippen LogP contribution in [0.5, 0.6) is 5.75 Å². The lowest BCUT2D eigenvalue weighted by atomic mass is 10.1. The topological polar surface area (TPSA) is 35.2 Å². The van der Waals surface area contributed by atoms with Gasteiger partial charge in [-0.05, 0) is 24.3 Å². The summed E-state index contributed by atoms with van der Waals surface area (Å²) in [6, 6.07) is 7.34. The zero-order valence-electron chi connectivity index (χ0n) is 11.0. The fourth-order valence-corrected chi connectivity index (χ4v) is 1.71. The van der Waals surface area contributed by atoms with Crippen LogP contribution in [0.1, 0.15) is 11.1 Å². The molecule has 0 bridgehead atoms. The molecule has 2 N–H and O–H groups in total. The summed E-state index contributed by atoms with van der Waals surface area (Å²) < 4.78 is 45.3. The number of para-hydroxylation sites is 1. The van der Waals surface area contributed by atoms with Crippen LogP contribution in [0.4, 0.5) is 13.2 Å². The molecule has 0 saturated carbocycles. The third-order valence-electron chi connectivity index (χ3n) is 2.69. The summed E-state index contributed by atoms with van der Waals surface area (Å²) in [4.78, 5) is 0. The summed E-state index contributed by atoms with van der Waals surface area (Å²) in [6.45, 7) is -0.00846.